The van der Waals surface area contributed by atoms with Crippen LogP contribution in [0.25, 0.3) is 0 Å². The molecule has 26 heavy (non-hydrogen) atoms. The molecule has 1 saturated heterocycles. The van der Waals surface area contributed by atoms with Crippen molar-refractivity contribution in [2.45, 2.75) is 0 Å². The molecule has 0 atom stereocenters. The van der Waals surface area contributed by atoms with E-state index in [1.165, 1.54) is 47.6 Å². The van der Waals surface area contributed by atoms with Crippen molar-refractivity contribution < 1.29 is 33.4 Å². The third-order valence-electron chi connectivity index (χ3n) is 3.92. The Morgan fingerprint density at radius 1 is 0.923 bits per heavy atom. The quantitative estimate of drug-likeness (QED) is 0.747. The van der Waals surface area contributed by atoms with Crippen LogP contribution in [0.5, 0.6) is 17.2 Å². The van der Waals surface area contributed by atoms with Gasteiger partial charge in [0, 0.05) is 31.9 Å². The summed E-state index contributed by atoms with van der Waals surface area (Å²) in [6.45, 7) is 0. The first kappa shape index (κ1) is 19.0. The standard InChI is InChI=1S/C16H19N3O7/c1-18-14(21)11(15(22)19(2)16(18)23)13(20)17-8-6-9(24-3)12(26-5)10(7-8)25-4/h6-7,11H,1-5H3,(H,17,20). The predicted molar refractivity (Wildman–Crippen MR) is 89.2 cm³/mol. The molecule has 0 saturated carbocycles. The Morgan fingerprint density at radius 2 is 1.38 bits per heavy atom. The molecule has 10 nitrogen and oxygen atoms in total. The molecular weight excluding hydrogens is 346 g/mol. The van der Waals surface area contributed by atoms with Crippen LogP contribution in [-0.4, -0.2) is 69.0 Å². The highest BCUT2D eigenvalue weighted by Gasteiger charge is 2.46. The molecule has 1 fully saturated rings. The largest absolute Gasteiger partial charge is 0.493 e. The van der Waals surface area contributed by atoms with Gasteiger partial charge in [0.05, 0.1) is 21.3 Å². The molecule has 10 heteroatoms. The minimum atomic E-state index is -1.67. The molecule has 140 valence electrons. The fourth-order valence-corrected chi connectivity index (χ4v) is 2.50. The maximum Gasteiger partial charge on any atom is 0.332 e. The minimum absolute atomic E-state index is 0.229. The van der Waals surface area contributed by atoms with Crippen molar-refractivity contribution in [2.75, 3.05) is 40.7 Å². The highest BCUT2D eigenvalue weighted by molar-refractivity contribution is 6.27. The van der Waals surface area contributed by atoms with E-state index in [0.717, 1.165) is 9.80 Å². The van der Waals surface area contributed by atoms with Crippen LogP contribution in [0.15, 0.2) is 12.1 Å². The SMILES string of the molecule is COc1cc(NC(=O)C2C(=O)N(C)C(=O)N(C)C2=O)cc(OC)c1OC. The number of hydrogen-bond acceptors (Lipinski definition) is 7. The predicted octanol–water partition coefficient (Wildman–Crippen LogP) is 0.318. The van der Waals surface area contributed by atoms with Gasteiger partial charge in [-0.2, -0.15) is 0 Å². The van der Waals surface area contributed by atoms with Crippen LogP contribution in [0, 0.1) is 5.92 Å². The lowest BCUT2D eigenvalue weighted by molar-refractivity contribution is -0.151. The average Bonchev–Trinajstić information content (AvgIpc) is 2.63. The van der Waals surface area contributed by atoms with Gasteiger partial charge in [-0.1, -0.05) is 0 Å². The van der Waals surface area contributed by atoms with Crippen LogP contribution < -0.4 is 19.5 Å². The zero-order chi connectivity index (χ0) is 19.6. The fourth-order valence-electron chi connectivity index (χ4n) is 2.50. The molecule has 2 rings (SSSR count). The minimum Gasteiger partial charge on any atom is -0.493 e. The molecule has 1 N–H and O–H groups in total. The van der Waals surface area contributed by atoms with Crippen LogP contribution in [0.1, 0.15) is 0 Å². The van der Waals surface area contributed by atoms with E-state index in [9.17, 15) is 19.2 Å². The van der Waals surface area contributed by atoms with Crippen molar-refractivity contribution in [3.8, 4) is 17.2 Å². The number of carbonyl (C=O) groups is 4. The second-order valence-electron chi connectivity index (χ2n) is 5.41. The number of anilines is 1. The van der Waals surface area contributed by atoms with E-state index in [0.29, 0.717) is 5.75 Å². The lowest BCUT2D eigenvalue weighted by atomic mass is 10.0. The van der Waals surface area contributed by atoms with E-state index in [1.807, 2.05) is 0 Å². The molecule has 0 spiro atoms. The number of nitrogens with one attached hydrogen (secondary N) is 1. The van der Waals surface area contributed by atoms with E-state index < -0.39 is 29.7 Å². The Hall–Kier alpha value is -3.30. The molecule has 1 aromatic rings. The first-order valence-corrected chi connectivity index (χ1v) is 7.46. The van der Waals surface area contributed by atoms with E-state index >= 15 is 0 Å². The first-order chi connectivity index (χ1) is 12.3. The Bertz CT molecular complexity index is 728. The van der Waals surface area contributed by atoms with E-state index in [1.54, 1.807) is 0 Å². The molecule has 0 bridgehead atoms. The summed E-state index contributed by atoms with van der Waals surface area (Å²) >= 11 is 0. The Morgan fingerprint density at radius 3 is 1.77 bits per heavy atom. The van der Waals surface area contributed by atoms with Crippen molar-refractivity contribution in [3.63, 3.8) is 0 Å². The fraction of sp³-hybridized carbons (Fsp3) is 0.375. The molecule has 5 amide bonds. The summed E-state index contributed by atoms with van der Waals surface area (Å²) in [4.78, 5) is 50.1. The third kappa shape index (κ3) is 3.13. The molecule has 0 unspecified atom stereocenters. The van der Waals surface area contributed by atoms with Gasteiger partial charge in [-0.25, -0.2) is 4.79 Å². The maximum absolute atomic E-state index is 12.5. The first-order valence-electron chi connectivity index (χ1n) is 7.46. The Kier molecular flexibility index (Phi) is 5.34. The smallest absolute Gasteiger partial charge is 0.332 e. The molecule has 1 aliphatic rings. The number of urea groups is 1. The zero-order valence-electron chi connectivity index (χ0n) is 15.0. The zero-order valence-corrected chi connectivity index (χ0v) is 15.0. The van der Waals surface area contributed by atoms with Gasteiger partial charge in [0.1, 0.15) is 0 Å². The highest BCUT2D eigenvalue weighted by atomic mass is 16.5. The van der Waals surface area contributed by atoms with Gasteiger partial charge in [-0.3, -0.25) is 24.2 Å². The Labute approximate surface area is 149 Å². The number of carbonyl (C=O) groups excluding carboxylic acids is 4. The second kappa shape index (κ2) is 7.30. The number of imide groups is 2. The summed E-state index contributed by atoms with van der Waals surface area (Å²) < 4.78 is 15.6. The maximum atomic E-state index is 12.5. The number of rotatable bonds is 5. The van der Waals surface area contributed by atoms with Crippen LogP contribution in [-0.2, 0) is 14.4 Å². The molecular formula is C16H19N3O7. The van der Waals surface area contributed by atoms with Crippen molar-refractivity contribution in [1.29, 1.82) is 0 Å². The molecule has 0 radical (unpaired) electrons. The summed E-state index contributed by atoms with van der Waals surface area (Å²) in [6, 6.07) is 2.11. The normalized spacial score (nSPS) is 15.2. The summed E-state index contributed by atoms with van der Waals surface area (Å²) in [5.74, 6) is -3.45. The van der Waals surface area contributed by atoms with Gasteiger partial charge < -0.3 is 19.5 Å². The summed E-state index contributed by atoms with van der Waals surface area (Å²) in [5.41, 5.74) is 0.229. The summed E-state index contributed by atoms with van der Waals surface area (Å²) in [5, 5.41) is 2.47. The molecule has 1 aliphatic heterocycles. The van der Waals surface area contributed by atoms with Gasteiger partial charge in [0.25, 0.3) is 11.8 Å². The number of benzene rings is 1. The number of methoxy groups -OCH3 is 3. The highest BCUT2D eigenvalue weighted by Crippen LogP contribution is 2.40. The lowest BCUT2D eigenvalue weighted by Gasteiger charge is -2.32. The van der Waals surface area contributed by atoms with Gasteiger partial charge in [-0.05, 0) is 0 Å². The van der Waals surface area contributed by atoms with Crippen molar-refractivity contribution in [3.05, 3.63) is 12.1 Å². The molecule has 0 aromatic heterocycles. The second-order valence-corrected chi connectivity index (χ2v) is 5.41. The van der Waals surface area contributed by atoms with Crippen LogP contribution in [0.4, 0.5) is 10.5 Å². The van der Waals surface area contributed by atoms with Crippen LogP contribution >= 0.6 is 0 Å². The van der Waals surface area contributed by atoms with E-state index in [2.05, 4.69) is 5.32 Å². The number of ether oxygens (including phenoxy) is 3. The molecule has 1 aromatic carbocycles. The van der Waals surface area contributed by atoms with Crippen LogP contribution in [0.2, 0.25) is 0 Å². The number of nitrogens with zero attached hydrogens (tertiary/aromatic N) is 2. The number of barbiturate groups is 1. The van der Waals surface area contributed by atoms with Gasteiger partial charge in [0.2, 0.25) is 11.7 Å². The lowest BCUT2D eigenvalue weighted by Crippen LogP contribution is -2.59. The van der Waals surface area contributed by atoms with Gasteiger partial charge in [0.15, 0.2) is 17.4 Å². The number of hydrogen-bond donors (Lipinski definition) is 1. The topological polar surface area (TPSA) is 114 Å². The van der Waals surface area contributed by atoms with E-state index in [-0.39, 0.29) is 17.2 Å². The number of amides is 5. The van der Waals surface area contributed by atoms with E-state index in [4.69, 9.17) is 14.2 Å². The van der Waals surface area contributed by atoms with Crippen LogP contribution in [0.3, 0.4) is 0 Å². The van der Waals surface area contributed by atoms with Crippen molar-refractivity contribution in [1.82, 2.24) is 9.80 Å². The monoisotopic (exact) mass is 365 g/mol. The summed E-state index contributed by atoms with van der Waals surface area (Å²) in [6.07, 6.45) is 0. The van der Waals surface area contributed by atoms with Gasteiger partial charge in [-0.15, -0.1) is 0 Å². The molecule has 0 aliphatic carbocycles. The Balaban J connectivity index is 2.33. The van der Waals surface area contributed by atoms with Gasteiger partial charge >= 0.3 is 6.03 Å². The third-order valence-corrected chi connectivity index (χ3v) is 3.92. The molecule has 1 heterocycles. The summed E-state index contributed by atoms with van der Waals surface area (Å²) in [7, 11) is 6.65. The van der Waals surface area contributed by atoms with Crippen molar-refractivity contribution in [2.24, 2.45) is 5.92 Å². The average molecular weight is 365 g/mol. The van der Waals surface area contributed by atoms with Crippen molar-refractivity contribution >= 4 is 29.4 Å².